The van der Waals surface area contributed by atoms with Crippen molar-refractivity contribution in [3.05, 3.63) is 42.6 Å². The number of amides is 4. The predicted octanol–water partition coefficient (Wildman–Crippen LogP) is 5.26. The third-order valence-electron chi connectivity index (χ3n) is 11.8. The Bertz CT molecular complexity index is 2040. The van der Waals surface area contributed by atoms with Crippen molar-refractivity contribution in [3.8, 4) is 11.6 Å². The minimum Gasteiger partial charge on any atom is -0.485 e. The maximum absolute atomic E-state index is 15.0. The molecular weight excluding hydrogens is 765 g/mol. The number of pyridine rings is 1. The van der Waals surface area contributed by atoms with E-state index in [1.807, 2.05) is 26.0 Å². The van der Waals surface area contributed by atoms with E-state index in [4.69, 9.17) is 9.47 Å². The first-order valence-corrected chi connectivity index (χ1v) is 21.0. The lowest BCUT2D eigenvalue weighted by molar-refractivity contribution is -0.146. The second kappa shape index (κ2) is 15.7. The van der Waals surface area contributed by atoms with Gasteiger partial charge in [0, 0.05) is 28.7 Å². The highest BCUT2D eigenvalue weighted by Crippen LogP contribution is 2.48. The van der Waals surface area contributed by atoms with Crippen molar-refractivity contribution in [3.63, 3.8) is 0 Å². The smallest absolute Gasteiger partial charge is 0.408 e. The van der Waals surface area contributed by atoms with Crippen LogP contribution in [0.2, 0.25) is 0 Å². The Labute approximate surface area is 331 Å². The van der Waals surface area contributed by atoms with Gasteiger partial charge in [-0.3, -0.25) is 24.0 Å². The highest BCUT2D eigenvalue weighted by molar-refractivity contribution is 7.91. The van der Waals surface area contributed by atoms with Gasteiger partial charge in [0.25, 0.3) is 12.3 Å². The SMILES string of the molecule is C[C@@H]1CC/C=C\[C@@H]2C[C@@]2(C(=O)NS(=O)(=O)C2(C)CC2)NC(=O)[C@@H]2C[C@@H](Oc3ncc(OCC(F)F)c4ccccc34)CN2C(=O)[C@@H](N(C(=O)O)C(C)(C)C)[C@H](C)C1. The van der Waals surface area contributed by atoms with Crippen LogP contribution in [0.5, 0.6) is 11.6 Å². The average molecular weight is 818 g/mol. The molecule has 4 amide bonds. The molecule has 6 rings (SSSR count). The van der Waals surface area contributed by atoms with Gasteiger partial charge in [-0.2, -0.15) is 0 Å². The van der Waals surface area contributed by atoms with E-state index in [0.29, 0.717) is 42.9 Å². The second-order valence-electron chi connectivity index (χ2n) is 17.4. The number of ether oxygens (including phenoxy) is 2. The van der Waals surface area contributed by atoms with Crippen molar-refractivity contribution in [1.82, 2.24) is 24.8 Å². The van der Waals surface area contributed by atoms with Gasteiger partial charge in [-0.25, -0.2) is 27.0 Å². The molecular formula is C40H53F2N5O9S. The van der Waals surface area contributed by atoms with Gasteiger partial charge >= 0.3 is 6.09 Å². The summed E-state index contributed by atoms with van der Waals surface area (Å²) >= 11 is 0. The molecule has 14 nitrogen and oxygen atoms in total. The molecule has 0 radical (unpaired) electrons. The number of nitrogens with one attached hydrogen (secondary N) is 2. The summed E-state index contributed by atoms with van der Waals surface area (Å²) in [7, 11) is -4.05. The lowest BCUT2D eigenvalue weighted by Gasteiger charge is -2.43. The van der Waals surface area contributed by atoms with Crippen LogP contribution in [-0.4, -0.2) is 106 Å². The number of alkyl halides is 2. The minimum absolute atomic E-state index is 0.0644. The van der Waals surface area contributed by atoms with Crippen LogP contribution in [0, 0.1) is 17.8 Å². The Morgan fingerprint density at radius 2 is 1.82 bits per heavy atom. The molecule has 3 N–H and O–H groups in total. The number of nitrogens with zero attached hydrogens (tertiary/aromatic N) is 3. The molecule has 4 aliphatic rings. The van der Waals surface area contributed by atoms with Crippen LogP contribution >= 0.6 is 0 Å². The first-order chi connectivity index (χ1) is 26.7. The van der Waals surface area contributed by atoms with E-state index in [2.05, 4.69) is 15.0 Å². The Hall–Kier alpha value is -4.54. The molecule has 0 spiro atoms. The van der Waals surface area contributed by atoms with E-state index in [9.17, 15) is 36.7 Å². The van der Waals surface area contributed by atoms with Crippen molar-refractivity contribution in [2.24, 2.45) is 17.8 Å². The van der Waals surface area contributed by atoms with Gasteiger partial charge in [0.2, 0.25) is 27.7 Å². The first kappa shape index (κ1) is 42.1. The zero-order chi connectivity index (χ0) is 41.7. The number of allylic oxidation sites excluding steroid dienone is 1. The molecule has 2 aromatic rings. The Morgan fingerprint density at radius 1 is 1.14 bits per heavy atom. The van der Waals surface area contributed by atoms with E-state index in [-0.39, 0.29) is 36.9 Å². The maximum atomic E-state index is 15.0. The van der Waals surface area contributed by atoms with Gasteiger partial charge in [0.15, 0.2) is 0 Å². The highest BCUT2D eigenvalue weighted by atomic mass is 32.2. The van der Waals surface area contributed by atoms with Crippen LogP contribution in [0.1, 0.15) is 86.5 Å². The van der Waals surface area contributed by atoms with E-state index < -0.39 is 92.7 Å². The molecule has 1 aromatic heterocycles. The van der Waals surface area contributed by atoms with Crippen LogP contribution in [0.15, 0.2) is 42.6 Å². The molecule has 2 saturated carbocycles. The van der Waals surface area contributed by atoms with Crippen LogP contribution in [0.4, 0.5) is 13.6 Å². The Morgan fingerprint density at radius 3 is 2.46 bits per heavy atom. The number of hydrogen-bond donors (Lipinski definition) is 3. The summed E-state index contributed by atoms with van der Waals surface area (Å²) in [6.07, 6.45) is 2.76. The van der Waals surface area contributed by atoms with E-state index in [0.717, 1.165) is 4.90 Å². The van der Waals surface area contributed by atoms with Crippen molar-refractivity contribution in [1.29, 1.82) is 0 Å². The van der Waals surface area contributed by atoms with Gasteiger partial charge in [-0.1, -0.05) is 44.2 Å². The molecule has 312 valence electrons. The summed E-state index contributed by atoms with van der Waals surface area (Å²) in [5, 5.41) is 14.3. The molecule has 7 atom stereocenters. The minimum atomic E-state index is -4.05. The number of sulfonamides is 1. The van der Waals surface area contributed by atoms with Crippen LogP contribution in [0.25, 0.3) is 10.8 Å². The quantitative estimate of drug-likeness (QED) is 0.282. The van der Waals surface area contributed by atoms with Crippen LogP contribution in [-0.2, 0) is 24.4 Å². The van der Waals surface area contributed by atoms with Gasteiger partial charge in [0.1, 0.15) is 36.1 Å². The van der Waals surface area contributed by atoms with Crippen molar-refractivity contribution in [2.45, 2.75) is 127 Å². The monoisotopic (exact) mass is 817 g/mol. The molecule has 0 bridgehead atoms. The number of carbonyl (C=O) groups excluding carboxylic acids is 3. The highest BCUT2D eigenvalue weighted by Gasteiger charge is 2.63. The van der Waals surface area contributed by atoms with Gasteiger partial charge in [0.05, 0.1) is 17.5 Å². The fourth-order valence-electron chi connectivity index (χ4n) is 8.23. The Kier molecular flexibility index (Phi) is 11.6. The van der Waals surface area contributed by atoms with Gasteiger partial charge in [-0.15, -0.1) is 0 Å². The summed E-state index contributed by atoms with van der Waals surface area (Å²) < 4.78 is 65.3. The number of hydrogen-bond acceptors (Lipinski definition) is 9. The molecule has 3 heterocycles. The lowest BCUT2D eigenvalue weighted by atomic mass is 9.85. The second-order valence-corrected chi connectivity index (χ2v) is 19.6. The normalized spacial score (nSPS) is 29.6. The maximum Gasteiger partial charge on any atom is 0.408 e. The van der Waals surface area contributed by atoms with Gasteiger partial charge < -0.3 is 24.8 Å². The number of aromatic nitrogens is 1. The molecule has 57 heavy (non-hydrogen) atoms. The molecule has 17 heteroatoms. The molecule has 0 unspecified atom stereocenters. The average Bonchev–Trinajstić information content (AvgIpc) is 4.00. The van der Waals surface area contributed by atoms with Crippen LogP contribution in [0.3, 0.4) is 0 Å². The molecule has 1 saturated heterocycles. The standard InChI is InChI=1S/C40H53F2N5O9S/c1-23-11-7-8-12-25-19-40(25,36(50)45-57(53,54)39(6)15-16-39)44-33(48)29-18-26(21-46(29)35(49)32(24(2)17-23)47(37(51)52)38(3,4)5)56-34-28-14-10-9-13-27(28)30(20-43-34)55-22-31(41)42/h8-10,12-14,20,23-26,29,31-32H,7,11,15-19,21-22H2,1-6H3,(H,44,48)(H,45,50)(H,51,52)/b12-8-/t23-,24-,25-,26-,29+,32+,40-/m1/s1. The number of benzene rings is 1. The topological polar surface area (TPSA) is 185 Å². The zero-order valence-corrected chi connectivity index (χ0v) is 34.0. The Balaban J connectivity index is 1.39. The fourth-order valence-corrected chi connectivity index (χ4v) is 9.54. The summed E-state index contributed by atoms with van der Waals surface area (Å²) in [5.41, 5.74) is -2.63. The summed E-state index contributed by atoms with van der Waals surface area (Å²) in [4.78, 5) is 63.3. The molecule has 3 fully saturated rings. The number of halogens is 2. The van der Waals surface area contributed by atoms with Crippen molar-refractivity contribution < 1.29 is 51.0 Å². The number of fused-ring (bicyclic) bond motifs is 3. The van der Waals surface area contributed by atoms with E-state index in [1.165, 1.54) is 11.1 Å². The summed E-state index contributed by atoms with van der Waals surface area (Å²) in [6.45, 7) is 9.49. The third-order valence-corrected chi connectivity index (χ3v) is 13.9. The van der Waals surface area contributed by atoms with Crippen LogP contribution < -0.4 is 19.5 Å². The van der Waals surface area contributed by atoms with Crippen molar-refractivity contribution in [2.75, 3.05) is 13.2 Å². The lowest BCUT2D eigenvalue weighted by Crippen LogP contribution is -2.62. The fraction of sp³-hybridized carbons (Fsp3) is 0.625. The summed E-state index contributed by atoms with van der Waals surface area (Å²) in [6, 6.07) is 4.27. The number of rotatable bonds is 9. The number of carbonyl (C=O) groups is 4. The first-order valence-electron chi connectivity index (χ1n) is 19.5. The largest absolute Gasteiger partial charge is 0.485 e. The third kappa shape index (κ3) is 8.68. The summed E-state index contributed by atoms with van der Waals surface area (Å²) in [5.74, 6) is -2.92. The van der Waals surface area contributed by atoms with E-state index >= 15 is 4.79 Å². The molecule has 2 aliphatic carbocycles. The van der Waals surface area contributed by atoms with E-state index in [1.54, 1.807) is 52.0 Å². The van der Waals surface area contributed by atoms with Gasteiger partial charge in [-0.05, 0) is 84.1 Å². The predicted molar refractivity (Wildman–Crippen MR) is 206 cm³/mol. The molecule has 1 aromatic carbocycles. The number of carboxylic acid groups (broad SMARTS) is 1. The molecule has 2 aliphatic heterocycles. The zero-order valence-electron chi connectivity index (χ0n) is 33.2. The van der Waals surface area contributed by atoms with Crippen molar-refractivity contribution >= 4 is 44.6 Å².